The first-order valence-electron chi connectivity index (χ1n) is 36.3. The summed E-state index contributed by atoms with van der Waals surface area (Å²) >= 11 is 0. The number of phosphoric ester groups is 2. The summed E-state index contributed by atoms with van der Waals surface area (Å²) in [5.74, 6) is 0.867. The second kappa shape index (κ2) is 59.8. The lowest BCUT2D eigenvalue weighted by Gasteiger charge is -2.21. The number of aliphatic hydroxyl groups excluding tert-OH is 1. The van der Waals surface area contributed by atoms with Crippen LogP contribution in [0.2, 0.25) is 0 Å². The van der Waals surface area contributed by atoms with E-state index < -0.39 is 97.5 Å². The highest BCUT2D eigenvalue weighted by molar-refractivity contribution is 7.47. The average Bonchev–Trinajstić information content (AvgIpc) is 3.70. The van der Waals surface area contributed by atoms with Crippen molar-refractivity contribution >= 4 is 39.5 Å². The first-order valence-corrected chi connectivity index (χ1v) is 39.3. The first-order chi connectivity index (χ1) is 42.7. The predicted molar refractivity (Wildman–Crippen MR) is 358 cm³/mol. The zero-order valence-electron chi connectivity index (χ0n) is 58.1. The fraction of sp³-hybridized carbons (Fsp3) is 0.943. The third-order valence-corrected chi connectivity index (χ3v) is 18.7. The Morgan fingerprint density at radius 1 is 0.315 bits per heavy atom. The molecular weight excluding hydrogens is 1170 g/mol. The molecule has 3 N–H and O–H groups in total. The SMILES string of the molecule is CCC(C)CCCCCCCCCCCCCCCCC(=O)O[C@H](COC(=O)CCCCCCCCCC(C)C)COP(=O)(O)OCC(O)COP(=O)(O)OC[C@@H](COC(=O)CCCCCCCCC(C)CC)OC(=O)CCCCCCCCCCC(C)C. The third kappa shape index (κ3) is 62.0. The Morgan fingerprint density at radius 3 is 0.798 bits per heavy atom. The molecule has 0 saturated heterocycles. The van der Waals surface area contributed by atoms with Crippen LogP contribution >= 0.6 is 15.6 Å². The molecule has 0 heterocycles. The van der Waals surface area contributed by atoms with Crippen LogP contribution in [0.1, 0.15) is 344 Å². The summed E-state index contributed by atoms with van der Waals surface area (Å²) in [5, 5.41) is 10.6. The number of hydrogen-bond acceptors (Lipinski definition) is 15. The Kier molecular flexibility index (Phi) is 58.5. The van der Waals surface area contributed by atoms with Gasteiger partial charge in [-0.25, -0.2) is 9.13 Å². The van der Waals surface area contributed by atoms with Crippen molar-refractivity contribution in [3.63, 3.8) is 0 Å². The normalized spacial score (nSPS) is 14.9. The molecule has 0 rings (SSSR count). The van der Waals surface area contributed by atoms with Crippen LogP contribution in [0.25, 0.3) is 0 Å². The van der Waals surface area contributed by atoms with Crippen LogP contribution < -0.4 is 0 Å². The number of carbonyl (C=O) groups excluding carboxylic acids is 4. The van der Waals surface area contributed by atoms with Gasteiger partial charge in [0, 0.05) is 25.7 Å². The van der Waals surface area contributed by atoms with Gasteiger partial charge in [-0.2, -0.15) is 0 Å². The monoisotopic (exact) mass is 1310 g/mol. The van der Waals surface area contributed by atoms with E-state index in [4.69, 9.17) is 37.0 Å². The van der Waals surface area contributed by atoms with E-state index in [-0.39, 0.29) is 25.7 Å². The molecule has 17 nitrogen and oxygen atoms in total. The summed E-state index contributed by atoms with van der Waals surface area (Å²) in [6.07, 6.45) is 41.8. The number of rotatable bonds is 67. The number of esters is 4. The molecule has 0 amide bonds. The largest absolute Gasteiger partial charge is 0.472 e. The molecule has 7 atom stereocenters. The average molecular weight is 1310 g/mol. The van der Waals surface area contributed by atoms with Gasteiger partial charge in [-0.15, -0.1) is 0 Å². The molecule has 19 heteroatoms. The topological polar surface area (TPSA) is 237 Å². The van der Waals surface area contributed by atoms with Crippen LogP contribution in [0.3, 0.4) is 0 Å². The second-order valence-corrected chi connectivity index (χ2v) is 29.6. The van der Waals surface area contributed by atoms with Crippen molar-refractivity contribution in [3.05, 3.63) is 0 Å². The molecular formula is C70H136O17P2. The van der Waals surface area contributed by atoms with E-state index in [2.05, 4.69) is 55.4 Å². The molecule has 89 heavy (non-hydrogen) atoms. The maximum atomic E-state index is 13.0. The molecule has 0 spiro atoms. The molecule has 0 aromatic carbocycles. The van der Waals surface area contributed by atoms with E-state index in [0.717, 1.165) is 120 Å². The van der Waals surface area contributed by atoms with Gasteiger partial charge in [-0.1, -0.05) is 293 Å². The summed E-state index contributed by atoms with van der Waals surface area (Å²) in [6, 6.07) is 0. The van der Waals surface area contributed by atoms with Gasteiger partial charge in [0.05, 0.1) is 26.4 Å². The van der Waals surface area contributed by atoms with Crippen LogP contribution in [-0.4, -0.2) is 96.7 Å². The standard InChI is InChI=1S/C70H136O17P2/c1-9-62(7)48-40-32-24-17-15-13-11-12-14-16-18-25-36-44-52-69(74)86-65(56-80-67(72)50-42-34-27-21-23-31-39-47-61(5)6)58-84-88(76,77)82-54-64(71)55-83-89(78,79)85-59-66(57-81-68(73)51-43-35-29-28-33-41-49-63(8)10-2)87-70(75)53-45-37-26-20-19-22-30-38-46-60(3)4/h60-66,71H,9-59H2,1-8H3,(H,76,77)(H,78,79)/t62?,63?,64?,65-,66-/m1/s1. The van der Waals surface area contributed by atoms with Crippen molar-refractivity contribution in [2.75, 3.05) is 39.6 Å². The Labute approximate surface area is 543 Å². The molecule has 0 aliphatic heterocycles. The van der Waals surface area contributed by atoms with E-state index in [1.54, 1.807) is 0 Å². The summed E-state index contributed by atoms with van der Waals surface area (Å²) in [4.78, 5) is 72.5. The summed E-state index contributed by atoms with van der Waals surface area (Å²) in [7, 11) is -9.90. The van der Waals surface area contributed by atoms with Gasteiger partial charge in [0.1, 0.15) is 19.3 Å². The highest BCUT2D eigenvalue weighted by Crippen LogP contribution is 2.45. The maximum absolute atomic E-state index is 13.0. The minimum atomic E-state index is -4.95. The van der Waals surface area contributed by atoms with E-state index in [1.165, 1.54) is 135 Å². The highest BCUT2D eigenvalue weighted by atomic mass is 31.2. The number of ether oxygens (including phenoxy) is 4. The fourth-order valence-electron chi connectivity index (χ4n) is 10.4. The lowest BCUT2D eigenvalue weighted by Crippen LogP contribution is -2.30. The van der Waals surface area contributed by atoms with Gasteiger partial charge in [-0.05, 0) is 49.4 Å². The number of carbonyl (C=O) groups is 4. The van der Waals surface area contributed by atoms with E-state index in [1.807, 2.05) is 0 Å². The van der Waals surface area contributed by atoms with Gasteiger partial charge in [-0.3, -0.25) is 37.3 Å². The van der Waals surface area contributed by atoms with Crippen molar-refractivity contribution < 1.29 is 80.2 Å². The Morgan fingerprint density at radius 2 is 0.539 bits per heavy atom. The molecule has 0 radical (unpaired) electrons. The lowest BCUT2D eigenvalue weighted by atomic mass is 9.99. The van der Waals surface area contributed by atoms with Gasteiger partial charge in [0.2, 0.25) is 0 Å². The van der Waals surface area contributed by atoms with Crippen LogP contribution in [-0.2, 0) is 65.4 Å². The molecule has 0 aliphatic rings. The van der Waals surface area contributed by atoms with Crippen LogP contribution in [0.4, 0.5) is 0 Å². The summed E-state index contributed by atoms with van der Waals surface area (Å²) < 4.78 is 68.2. The van der Waals surface area contributed by atoms with Gasteiger partial charge >= 0.3 is 39.5 Å². The van der Waals surface area contributed by atoms with Gasteiger partial charge in [0.15, 0.2) is 12.2 Å². The molecule has 0 bridgehead atoms. The lowest BCUT2D eigenvalue weighted by molar-refractivity contribution is -0.161. The fourth-order valence-corrected chi connectivity index (χ4v) is 12.0. The molecule has 0 aromatic heterocycles. The number of phosphoric acid groups is 2. The molecule has 528 valence electrons. The molecule has 0 aromatic rings. The van der Waals surface area contributed by atoms with Gasteiger partial charge in [0.25, 0.3) is 0 Å². The smallest absolute Gasteiger partial charge is 0.462 e. The van der Waals surface area contributed by atoms with E-state index in [0.29, 0.717) is 31.6 Å². The van der Waals surface area contributed by atoms with Crippen LogP contribution in [0.5, 0.6) is 0 Å². The van der Waals surface area contributed by atoms with Gasteiger partial charge < -0.3 is 33.8 Å². The first kappa shape index (κ1) is 87.1. The summed E-state index contributed by atoms with van der Waals surface area (Å²) in [5.41, 5.74) is 0. The van der Waals surface area contributed by atoms with Crippen molar-refractivity contribution in [2.24, 2.45) is 23.7 Å². The Hall–Kier alpha value is -1.94. The third-order valence-electron chi connectivity index (χ3n) is 16.8. The minimum absolute atomic E-state index is 0.103. The van der Waals surface area contributed by atoms with Crippen LogP contribution in [0, 0.1) is 23.7 Å². The minimum Gasteiger partial charge on any atom is -0.462 e. The Balaban J connectivity index is 5.22. The quantitative estimate of drug-likeness (QED) is 0.0222. The zero-order chi connectivity index (χ0) is 66.1. The molecule has 0 aliphatic carbocycles. The van der Waals surface area contributed by atoms with E-state index >= 15 is 0 Å². The molecule has 0 fully saturated rings. The van der Waals surface area contributed by atoms with Crippen molar-refractivity contribution in [2.45, 2.75) is 363 Å². The maximum Gasteiger partial charge on any atom is 0.472 e. The second-order valence-electron chi connectivity index (χ2n) is 26.7. The van der Waals surface area contributed by atoms with Crippen molar-refractivity contribution in [1.29, 1.82) is 0 Å². The highest BCUT2D eigenvalue weighted by Gasteiger charge is 2.30. The molecule has 5 unspecified atom stereocenters. The summed E-state index contributed by atoms with van der Waals surface area (Å²) in [6.45, 7) is 14.1. The van der Waals surface area contributed by atoms with Crippen molar-refractivity contribution in [1.82, 2.24) is 0 Å². The van der Waals surface area contributed by atoms with Crippen LogP contribution in [0.15, 0.2) is 0 Å². The molecule has 0 saturated carbocycles. The van der Waals surface area contributed by atoms with E-state index in [9.17, 15) is 43.2 Å². The zero-order valence-corrected chi connectivity index (χ0v) is 59.8. The number of hydrogen-bond donors (Lipinski definition) is 3. The van der Waals surface area contributed by atoms with Crippen molar-refractivity contribution in [3.8, 4) is 0 Å². The number of aliphatic hydroxyl groups is 1. The predicted octanol–water partition coefficient (Wildman–Crippen LogP) is 19.7. The number of unbranched alkanes of at least 4 members (excludes halogenated alkanes) is 31. The Bertz CT molecular complexity index is 1770.